The van der Waals surface area contributed by atoms with Crippen LogP contribution >= 0.6 is 0 Å². The van der Waals surface area contributed by atoms with Crippen LogP contribution in [0.2, 0.25) is 0 Å². The highest BCUT2D eigenvalue weighted by molar-refractivity contribution is 5.21. The molecule has 0 bridgehead atoms. The molecule has 0 saturated carbocycles. The SMILES string of the molecule is CCCc1ccc(C)cc1.[H+]. The standard InChI is InChI=1S/C10H14/c1-3-4-10-7-5-9(2)6-8-10/h5-8H,3-4H2,1-2H3/p+1. The Morgan fingerprint density at radius 1 is 1.20 bits per heavy atom. The topological polar surface area (TPSA) is 0 Å². The second kappa shape index (κ2) is 3.40. The van der Waals surface area contributed by atoms with Crippen molar-refractivity contribution in [1.29, 1.82) is 0 Å². The Kier molecular flexibility index (Phi) is 2.49. The van der Waals surface area contributed by atoms with Gasteiger partial charge in [-0.3, -0.25) is 0 Å². The number of benzene rings is 1. The van der Waals surface area contributed by atoms with E-state index < -0.39 is 0 Å². The van der Waals surface area contributed by atoms with E-state index in [9.17, 15) is 0 Å². The Balaban J connectivity index is 0.000001000. The molecule has 0 radical (unpaired) electrons. The highest BCUT2D eigenvalue weighted by Gasteiger charge is 1.87. The molecule has 1 aromatic rings. The summed E-state index contributed by atoms with van der Waals surface area (Å²) in [4.78, 5) is 0. The van der Waals surface area contributed by atoms with Gasteiger partial charge in [0, 0.05) is 0 Å². The van der Waals surface area contributed by atoms with Crippen LogP contribution in [0.5, 0.6) is 0 Å². The lowest BCUT2D eigenvalue weighted by molar-refractivity contribution is 0.921. The van der Waals surface area contributed by atoms with Crippen LogP contribution in [0.1, 0.15) is 25.9 Å². The molecule has 1 aromatic carbocycles. The van der Waals surface area contributed by atoms with Crippen molar-refractivity contribution in [3.8, 4) is 0 Å². The van der Waals surface area contributed by atoms with Crippen molar-refractivity contribution in [2.45, 2.75) is 26.7 Å². The van der Waals surface area contributed by atoms with Crippen LogP contribution in [0.3, 0.4) is 0 Å². The minimum Gasteiger partial charge on any atom is -0.0651 e. The molecule has 10 heavy (non-hydrogen) atoms. The highest BCUT2D eigenvalue weighted by atomic mass is 13.9. The zero-order valence-electron chi connectivity index (χ0n) is 7.72. The summed E-state index contributed by atoms with van der Waals surface area (Å²) in [5.41, 5.74) is 2.80. The van der Waals surface area contributed by atoms with Crippen molar-refractivity contribution in [2.75, 3.05) is 0 Å². The molecule has 0 saturated heterocycles. The summed E-state index contributed by atoms with van der Waals surface area (Å²) >= 11 is 0. The van der Waals surface area contributed by atoms with E-state index in [1.54, 1.807) is 0 Å². The minimum absolute atomic E-state index is 0. The Morgan fingerprint density at radius 2 is 1.80 bits per heavy atom. The van der Waals surface area contributed by atoms with Crippen LogP contribution in [0.4, 0.5) is 0 Å². The summed E-state index contributed by atoms with van der Waals surface area (Å²) in [5, 5.41) is 0. The lowest BCUT2D eigenvalue weighted by atomic mass is 10.1. The van der Waals surface area contributed by atoms with Crippen molar-refractivity contribution in [3.63, 3.8) is 0 Å². The Hall–Kier alpha value is -0.780. The fourth-order valence-electron chi connectivity index (χ4n) is 1.04. The van der Waals surface area contributed by atoms with E-state index >= 15 is 0 Å². The maximum Gasteiger partial charge on any atom is 1.00 e. The van der Waals surface area contributed by atoms with Gasteiger partial charge in [-0.25, -0.2) is 0 Å². The van der Waals surface area contributed by atoms with Gasteiger partial charge in [0.15, 0.2) is 0 Å². The van der Waals surface area contributed by atoms with Crippen LogP contribution in [-0.2, 0) is 6.42 Å². The van der Waals surface area contributed by atoms with Gasteiger partial charge in [-0.15, -0.1) is 0 Å². The number of aryl methyl sites for hydroxylation is 2. The van der Waals surface area contributed by atoms with Gasteiger partial charge in [0.2, 0.25) is 0 Å². The molecule has 0 aliphatic heterocycles. The molecule has 0 fully saturated rings. The van der Waals surface area contributed by atoms with Gasteiger partial charge < -0.3 is 0 Å². The van der Waals surface area contributed by atoms with Crippen LogP contribution in [0.15, 0.2) is 24.3 Å². The van der Waals surface area contributed by atoms with Gasteiger partial charge in [-0.2, -0.15) is 0 Å². The van der Waals surface area contributed by atoms with Gasteiger partial charge in [0.1, 0.15) is 0 Å². The monoisotopic (exact) mass is 135 g/mol. The molecule has 0 amide bonds. The third-order valence-electron chi connectivity index (χ3n) is 1.66. The van der Waals surface area contributed by atoms with E-state index in [0.717, 1.165) is 0 Å². The first-order valence-electron chi connectivity index (χ1n) is 3.88. The summed E-state index contributed by atoms with van der Waals surface area (Å²) in [5.74, 6) is 0. The predicted octanol–water partition coefficient (Wildman–Crippen LogP) is 3.06. The smallest absolute Gasteiger partial charge is 0.0651 e. The molecule has 0 heteroatoms. The highest BCUT2D eigenvalue weighted by Crippen LogP contribution is 2.04. The third kappa shape index (κ3) is 1.87. The second-order valence-corrected chi connectivity index (χ2v) is 2.74. The van der Waals surface area contributed by atoms with E-state index in [-0.39, 0.29) is 1.43 Å². The summed E-state index contributed by atoms with van der Waals surface area (Å²) in [6.45, 7) is 4.33. The first-order valence-corrected chi connectivity index (χ1v) is 3.88. The summed E-state index contributed by atoms with van der Waals surface area (Å²) in [7, 11) is 0. The molecule has 0 spiro atoms. The van der Waals surface area contributed by atoms with Crippen molar-refractivity contribution in [1.82, 2.24) is 0 Å². The number of hydrogen-bond donors (Lipinski definition) is 0. The van der Waals surface area contributed by atoms with Crippen LogP contribution in [-0.4, -0.2) is 0 Å². The van der Waals surface area contributed by atoms with Crippen molar-refractivity contribution < 1.29 is 1.43 Å². The van der Waals surface area contributed by atoms with Gasteiger partial charge in [-0.1, -0.05) is 43.2 Å². The van der Waals surface area contributed by atoms with Crippen molar-refractivity contribution in [2.24, 2.45) is 0 Å². The average Bonchev–Trinajstić information content (AvgIpc) is 1.95. The fraction of sp³-hybridized carbons (Fsp3) is 0.400. The van der Waals surface area contributed by atoms with Crippen LogP contribution in [0.25, 0.3) is 0 Å². The van der Waals surface area contributed by atoms with E-state index in [0.29, 0.717) is 0 Å². The normalized spacial score (nSPS) is 9.80. The van der Waals surface area contributed by atoms with Gasteiger partial charge in [0.05, 0.1) is 0 Å². The van der Waals surface area contributed by atoms with Crippen molar-refractivity contribution in [3.05, 3.63) is 35.4 Å². The number of hydrogen-bond acceptors (Lipinski definition) is 0. The maximum absolute atomic E-state index is 2.21. The van der Waals surface area contributed by atoms with Crippen LogP contribution < -0.4 is 0 Å². The lowest BCUT2D eigenvalue weighted by Gasteiger charge is -1.97. The van der Waals surface area contributed by atoms with Gasteiger partial charge >= 0.3 is 1.43 Å². The molecule has 0 atom stereocenters. The van der Waals surface area contributed by atoms with E-state index in [1.807, 2.05) is 0 Å². The number of rotatable bonds is 2. The molecule has 0 aliphatic carbocycles. The molecular weight excluding hydrogens is 120 g/mol. The molecular formula is C10H15+. The van der Waals surface area contributed by atoms with E-state index in [4.69, 9.17) is 0 Å². The molecule has 1 rings (SSSR count). The molecule has 0 aliphatic rings. The third-order valence-corrected chi connectivity index (χ3v) is 1.66. The zero-order valence-corrected chi connectivity index (χ0v) is 6.72. The van der Waals surface area contributed by atoms with Gasteiger partial charge in [0.25, 0.3) is 0 Å². The Labute approximate surface area is 64.4 Å². The predicted molar refractivity (Wildman–Crippen MR) is 46.3 cm³/mol. The van der Waals surface area contributed by atoms with E-state index in [2.05, 4.69) is 38.1 Å². The largest absolute Gasteiger partial charge is 1.00 e. The maximum atomic E-state index is 2.21. The van der Waals surface area contributed by atoms with Gasteiger partial charge in [-0.05, 0) is 18.9 Å². The average molecular weight is 135 g/mol. The first kappa shape index (κ1) is 7.33. The van der Waals surface area contributed by atoms with E-state index in [1.165, 1.54) is 24.0 Å². The lowest BCUT2D eigenvalue weighted by Crippen LogP contribution is -1.81. The molecule has 0 heterocycles. The molecule has 54 valence electrons. The summed E-state index contributed by atoms with van der Waals surface area (Å²) in [6.07, 6.45) is 2.45. The zero-order chi connectivity index (χ0) is 7.40. The van der Waals surface area contributed by atoms with Crippen LogP contribution in [0, 0.1) is 6.92 Å². The summed E-state index contributed by atoms with van der Waals surface area (Å²) in [6, 6.07) is 8.76. The molecule has 0 aromatic heterocycles. The molecule has 0 N–H and O–H groups in total. The fourth-order valence-corrected chi connectivity index (χ4v) is 1.04. The minimum atomic E-state index is 0. The molecule has 0 nitrogen and oxygen atoms in total. The summed E-state index contributed by atoms with van der Waals surface area (Å²) < 4.78 is 0. The Bertz CT molecular complexity index is 189. The second-order valence-electron chi connectivity index (χ2n) is 2.74. The first-order chi connectivity index (χ1) is 4.83. The molecule has 0 unspecified atom stereocenters. The Morgan fingerprint density at radius 3 is 2.30 bits per heavy atom. The van der Waals surface area contributed by atoms with Crippen molar-refractivity contribution >= 4 is 0 Å². The quantitative estimate of drug-likeness (QED) is 0.584.